The molecule has 1 N–H and O–H groups in total. The number of carbonyl (C=O) groups is 3. The van der Waals surface area contributed by atoms with Crippen LogP contribution in [0.2, 0.25) is 0 Å². The van der Waals surface area contributed by atoms with Gasteiger partial charge in [0.1, 0.15) is 12.7 Å². The molecule has 1 fully saturated rings. The molecule has 2 aromatic carbocycles. The Morgan fingerprint density at radius 2 is 1.68 bits per heavy atom. The van der Waals surface area contributed by atoms with Crippen molar-refractivity contribution in [1.82, 2.24) is 15.1 Å². The Hall–Kier alpha value is -3.23. The lowest BCUT2D eigenvalue weighted by atomic mass is 10.0. The van der Waals surface area contributed by atoms with Gasteiger partial charge >= 0.3 is 0 Å². The average molecular weight is 420 g/mol. The molecule has 8 nitrogen and oxygen atoms in total. The summed E-state index contributed by atoms with van der Waals surface area (Å²) in [5.41, 5.74) is 2.33. The predicted molar refractivity (Wildman–Crippen MR) is 114 cm³/mol. The molecule has 2 aromatic rings. The SMILES string of the molecule is O=C(CN1C(=O)c2ccccc2N2C(=O)c3ccccc3[C@H]12)NCCN1CCOCC1. The first-order valence-electron chi connectivity index (χ1n) is 10.5. The lowest BCUT2D eigenvalue weighted by Crippen LogP contribution is -2.52. The fourth-order valence-electron chi connectivity index (χ4n) is 4.52. The van der Waals surface area contributed by atoms with E-state index in [0.29, 0.717) is 36.6 Å². The largest absolute Gasteiger partial charge is 0.379 e. The van der Waals surface area contributed by atoms with E-state index in [4.69, 9.17) is 4.74 Å². The van der Waals surface area contributed by atoms with Crippen molar-refractivity contribution in [3.63, 3.8) is 0 Å². The van der Waals surface area contributed by atoms with Crippen molar-refractivity contribution in [1.29, 1.82) is 0 Å². The first-order valence-corrected chi connectivity index (χ1v) is 10.5. The van der Waals surface area contributed by atoms with Crippen molar-refractivity contribution in [3.05, 3.63) is 65.2 Å². The molecule has 1 saturated heterocycles. The summed E-state index contributed by atoms with van der Waals surface area (Å²) in [6.45, 7) is 4.25. The Balaban J connectivity index is 1.37. The van der Waals surface area contributed by atoms with E-state index < -0.39 is 6.17 Å². The van der Waals surface area contributed by atoms with Gasteiger partial charge in [0.2, 0.25) is 5.91 Å². The maximum Gasteiger partial charge on any atom is 0.260 e. The van der Waals surface area contributed by atoms with Crippen molar-refractivity contribution in [3.8, 4) is 0 Å². The maximum absolute atomic E-state index is 13.3. The predicted octanol–water partition coefficient (Wildman–Crippen LogP) is 1.25. The third-order valence-corrected chi connectivity index (χ3v) is 6.05. The zero-order valence-electron chi connectivity index (χ0n) is 17.1. The number of rotatable bonds is 5. The lowest BCUT2D eigenvalue weighted by Gasteiger charge is -2.40. The van der Waals surface area contributed by atoms with Crippen LogP contribution >= 0.6 is 0 Å². The smallest absolute Gasteiger partial charge is 0.260 e. The standard InChI is InChI=1S/C23H24N4O4/c28-20(24-9-10-25-11-13-31-14-12-25)15-26-21-16-5-1-2-6-17(16)23(30)27(21)19-8-4-3-7-18(19)22(26)29/h1-8,21H,9-15H2,(H,24,28)/t21-/m1/s1. The van der Waals surface area contributed by atoms with Gasteiger partial charge in [-0.2, -0.15) is 0 Å². The summed E-state index contributed by atoms with van der Waals surface area (Å²) < 4.78 is 5.34. The molecule has 31 heavy (non-hydrogen) atoms. The number of benzene rings is 2. The van der Waals surface area contributed by atoms with E-state index in [0.717, 1.165) is 25.2 Å². The van der Waals surface area contributed by atoms with Crippen LogP contribution in [0.4, 0.5) is 5.69 Å². The molecule has 1 atom stereocenters. The number of fused-ring (bicyclic) bond motifs is 5. The minimum absolute atomic E-state index is 0.112. The highest BCUT2D eigenvalue weighted by molar-refractivity contribution is 6.17. The first kappa shape index (κ1) is 19.7. The Bertz CT molecular complexity index is 1030. The van der Waals surface area contributed by atoms with Crippen LogP contribution in [0.1, 0.15) is 32.4 Å². The molecular formula is C23H24N4O4. The fourth-order valence-corrected chi connectivity index (χ4v) is 4.52. The summed E-state index contributed by atoms with van der Waals surface area (Å²) in [5.74, 6) is -0.638. The highest BCUT2D eigenvalue weighted by Gasteiger charge is 2.47. The number of amides is 3. The van der Waals surface area contributed by atoms with Gasteiger partial charge in [-0.15, -0.1) is 0 Å². The monoisotopic (exact) mass is 420 g/mol. The van der Waals surface area contributed by atoms with E-state index in [2.05, 4.69) is 10.2 Å². The Morgan fingerprint density at radius 3 is 2.48 bits per heavy atom. The zero-order valence-corrected chi connectivity index (χ0v) is 17.1. The molecule has 3 heterocycles. The first-order chi connectivity index (χ1) is 15.1. The zero-order chi connectivity index (χ0) is 21.4. The summed E-state index contributed by atoms with van der Waals surface area (Å²) in [6.07, 6.45) is -0.615. The molecule has 0 spiro atoms. The molecular weight excluding hydrogens is 396 g/mol. The van der Waals surface area contributed by atoms with Crippen molar-refractivity contribution >= 4 is 23.4 Å². The molecule has 3 amide bonds. The highest BCUT2D eigenvalue weighted by atomic mass is 16.5. The number of carbonyl (C=O) groups excluding carboxylic acids is 3. The van der Waals surface area contributed by atoms with E-state index >= 15 is 0 Å². The van der Waals surface area contributed by atoms with Crippen LogP contribution in [-0.2, 0) is 9.53 Å². The molecule has 3 aliphatic heterocycles. The Morgan fingerprint density at radius 1 is 0.968 bits per heavy atom. The molecule has 0 aliphatic carbocycles. The van der Waals surface area contributed by atoms with Gasteiger partial charge < -0.3 is 15.0 Å². The van der Waals surface area contributed by atoms with E-state index in [1.807, 2.05) is 24.3 Å². The minimum atomic E-state index is -0.615. The second kappa shape index (κ2) is 8.13. The van der Waals surface area contributed by atoms with Gasteiger partial charge in [0, 0.05) is 37.3 Å². The van der Waals surface area contributed by atoms with Gasteiger partial charge in [0.05, 0.1) is 24.5 Å². The molecule has 0 unspecified atom stereocenters. The molecule has 0 radical (unpaired) electrons. The molecule has 8 heteroatoms. The number of para-hydroxylation sites is 1. The summed E-state index contributed by atoms with van der Waals surface area (Å²) in [6, 6.07) is 14.3. The van der Waals surface area contributed by atoms with Gasteiger partial charge in [-0.25, -0.2) is 0 Å². The van der Waals surface area contributed by atoms with Crippen LogP contribution in [0.3, 0.4) is 0 Å². The van der Waals surface area contributed by atoms with E-state index in [-0.39, 0.29) is 24.3 Å². The van der Waals surface area contributed by atoms with Crippen LogP contribution < -0.4 is 10.2 Å². The summed E-state index contributed by atoms with van der Waals surface area (Å²) >= 11 is 0. The third-order valence-electron chi connectivity index (χ3n) is 6.05. The van der Waals surface area contributed by atoms with Crippen molar-refractivity contribution in [2.24, 2.45) is 0 Å². The molecule has 0 aromatic heterocycles. The number of nitrogens with zero attached hydrogens (tertiary/aromatic N) is 3. The van der Waals surface area contributed by atoms with Gasteiger partial charge in [-0.05, 0) is 18.2 Å². The number of hydrogen-bond acceptors (Lipinski definition) is 5. The van der Waals surface area contributed by atoms with Crippen LogP contribution in [0.5, 0.6) is 0 Å². The number of anilines is 1. The second-order valence-corrected chi connectivity index (χ2v) is 7.89. The van der Waals surface area contributed by atoms with E-state index in [9.17, 15) is 14.4 Å². The van der Waals surface area contributed by atoms with E-state index in [1.54, 1.807) is 29.2 Å². The third kappa shape index (κ3) is 3.47. The number of morpholine rings is 1. The van der Waals surface area contributed by atoms with Crippen LogP contribution in [-0.4, -0.2) is 73.5 Å². The van der Waals surface area contributed by atoms with Gasteiger partial charge in [-0.3, -0.25) is 24.2 Å². The van der Waals surface area contributed by atoms with Gasteiger partial charge in [0.25, 0.3) is 11.8 Å². The van der Waals surface area contributed by atoms with Crippen molar-refractivity contribution < 1.29 is 19.1 Å². The van der Waals surface area contributed by atoms with Gasteiger partial charge in [-0.1, -0.05) is 30.3 Å². The Labute approximate surface area is 180 Å². The Kier molecular flexibility index (Phi) is 5.17. The molecule has 0 bridgehead atoms. The highest BCUT2D eigenvalue weighted by Crippen LogP contribution is 2.44. The number of ether oxygens (including phenoxy) is 1. The fraction of sp³-hybridized carbons (Fsp3) is 0.348. The van der Waals surface area contributed by atoms with Gasteiger partial charge in [0.15, 0.2) is 0 Å². The summed E-state index contributed by atoms with van der Waals surface area (Å²) in [7, 11) is 0. The topological polar surface area (TPSA) is 82.2 Å². The molecule has 5 rings (SSSR count). The quantitative estimate of drug-likeness (QED) is 0.787. The number of nitrogens with one attached hydrogen (secondary N) is 1. The average Bonchev–Trinajstić information content (AvgIpc) is 3.10. The number of hydrogen-bond donors (Lipinski definition) is 1. The maximum atomic E-state index is 13.3. The molecule has 160 valence electrons. The van der Waals surface area contributed by atoms with Crippen LogP contribution in [0.25, 0.3) is 0 Å². The van der Waals surface area contributed by atoms with Crippen LogP contribution in [0, 0.1) is 0 Å². The molecule has 0 saturated carbocycles. The van der Waals surface area contributed by atoms with Crippen molar-refractivity contribution in [2.45, 2.75) is 6.17 Å². The second-order valence-electron chi connectivity index (χ2n) is 7.89. The minimum Gasteiger partial charge on any atom is -0.379 e. The summed E-state index contributed by atoms with van der Waals surface area (Å²) in [4.78, 5) is 44.6. The van der Waals surface area contributed by atoms with Crippen molar-refractivity contribution in [2.75, 3.05) is 50.8 Å². The normalized spacial score (nSPS) is 20.3. The summed E-state index contributed by atoms with van der Waals surface area (Å²) in [5, 5.41) is 2.92. The lowest BCUT2D eigenvalue weighted by molar-refractivity contribution is -0.122. The van der Waals surface area contributed by atoms with E-state index in [1.165, 1.54) is 4.90 Å². The molecule has 3 aliphatic rings. The van der Waals surface area contributed by atoms with Crippen LogP contribution in [0.15, 0.2) is 48.5 Å².